The van der Waals surface area contributed by atoms with E-state index in [2.05, 4.69) is 19.6 Å². The van der Waals surface area contributed by atoms with Gasteiger partial charge in [0.2, 0.25) is 0 Å². The van der Waals surface area contributed by atoms with Crippen LogP contribution in [0.5, 0.6) is 0 Å². The maximum absolute atomic E-state index is 13.0. The average Bonchev–Trinajstić information content (AvgIpc) is 3.20. The molecule has 134 valence electrons. The number of rotatable bonds is 3. The standard InChI is InChI=1S/C17H23N5O3/c1-13-15(8-19-25-13)17(23)22-11-14(9-20-4-6-24-7-5-20)10-21-3-2-18-16(21)12-22/h2-3,8,14H,4-7,9-12H2,1H3. The van der Waals surface area contributed by atoms with Crippen LogP contribution in [0.25, 0.3) is 0 Å². The SMILES string of the molecule is Cc1oncc1C(=O)N1Cc2nccn2CC(CN2CCOCC2)C1. The lowest BCUT2D eigenvalue weighted by Crippen LogP contribution is -2.43. The van der Waals surface area contributed by atoms with Gasteiger partial charge in [0, 0.05) is 51.0 Å². The zero-order valence-electron chi connectivity index (χ0n) is 14.4. The Morgan fingerprint density at radius 3 is 2.92 bits per heavy atom. The molecule has 2 aromatic rings. The number of nitrogens with zero attached hydrogens (tertiary/aromatic N) is 5. The Morgan fingerprint density at radius 2 is 2.16 bits per heavy atom. The molecular weight excluding hydrogens is 322 g/mol. The zero-order chi connectivity index (χ0) is 17.2. The molecule has 8 heteroatoms. The summed E-state index contributed by atoms with van der Waals surface area (Å²) in [5, 5.41) is 3.74. The van der Waals surface area contributed by atoms with E-state index in [4.69, 9.17) is 9.26 Å². The molecule has 2 aromatic heterocycles. The van der Waals surface area contributed by atoms with Gasteiger partial charge < -0.3 is 18.7 Å². The first-order valence-corrected chi connectivity index (χ1v) is 8.71. The van der Waals surface area contributed by atoms with Crippen LogP contribution in [0.15, 0.2) is 23.1 Å². The summed E-state index contributed by atoms with van der Waals surface area (Å²) in [7, 11) is 0. The van der Waals surface area contributed by atoms with E-state index in [1.807, 2.05) is 11.1 Å². The number of imidazole rings is 1. The summed E-state index contributed by atoms with van der Waals surface area (Å²) in [4.78, 5) is 21.7. The second-order valence-corrected chi connectivity index (χ2v) is 6.76. The van der Waals surface area contributed by atoms with Crippen LogP contribution in [0, 0.1) is 12.8 Å². The molecule has 0 N–H and O–H groups in total. The van der Waals surface area contributed by atoms with Crippen LogP contribution in [0.3, 0.4) is 0 Å². The minimum absolute atomic E-state index is 0.0397. The van der Waals surface area contributed by atoms with Gasteiger partial charge in [0.15, 0.2) is 0 Å². The quantitative estimate of drug-likeness (QED) is 0.818. The first-order chi connectivity index (χ1) is 12.2. The molecule has 8 nitrogen and oxygen atoms in total. The van der Waals surface area contributed by atoms with E-state index >= 15 is 0 Å². The Morgan fingerprint density at radius 1 is 1.32 bits per heavy atom. The highest BCUT2D eigenvalue weighted by molar-refractivity contribution is 5.94. The molecule has 25 heavy (non-hydrogen) atoms. The third kappa shape index (κ3) is 3.45. The van der Waals surface area contributed by atoms with Crippen LogP contribution in [-0.2, 0) is 17.8 Å². The van der Waals surface area contributed by atoms with Crippen molar-refractivity contribution in [1.29, 1.82) is 0 Å². The van der Waals surface area contributed by atoms with Crippen LogP contribution < -0.4 is 0 Å². The van der Waals surface area contributed by atoms with Gasteiger partial charge in [-0.25, -0.2) is 4.98 Å². The van der Waals surface area contributed by atoms with E-state index in [1.165, 1.54) is 6.20 Å². The lowest BCUT2D eigenvalue weighted by Gasteiger charge is -2.31. The smallest absolute Gasteiger partial charge is 0.259 e. The largest absolute Gasteiger partial charge is 0.379 e. The summed E-state index contributed by atoms with van der Waals surface area (Å²) in [6.45, 7) is 8.27. The Bertz CT molecular complexity index is 734. The number of aryl methyl sites for hydroxylation is 1. The van der Waals surface area contributed by atoms with Gasteiger partial charge in [-0.2, -0.15) is 0 Å². The third-order valence-electron chi connectivity index (χ3n) is 4.96. The first kappa shape index (κ1) is 16.3. The number of carbonyl (C=O) groups excluding carboxylic acids is 1. The zero-order valence-corrected chi connectivity index (χ0v) is 14.4. The highest BCUT2D eigenvalue weighted by Crippen LogP contribution is 2.20. The highest BCUT2D eigenvalue weighted by atomic mass is 16.5. The molecule has 0 aliphatic carbocycles. The van der Waals surface area contributed by atoms with Gasteiger partial charge in [-0.05, 0) is 6.92 Å². The second-order valence-electron chi connectivity index (χ2n) is 6.76. The van der Waals surface area contributed by atoms with Crippen LogP contribution in [0.1, 0.15) is 21.9 Å². The van der Waals surface area contributed by atoms with E-state index < -0.39 is 0 Å². The predicted octanol–water partition coefficient (Wildman–Crippen LogP) is 0.784. The normalized spacial score (nSPS) is 21.8. The monoisotopic (exact) mass is 345 g/mol. The minimum Gasteiger partial charge on any atom is -0.379 e. The summed E-state index contributed by atoms with van der Waals surface area (Å²) in [5.74, 6) is 1.79. The van der Waals surface area contributed by atoms with Crippen LogP contribution in [0.2, 0.25) is 0 Å². The summed E-state index contributed by atoms with van der Waals surface area (Å²) in [5.41, 5.74) is 0.533. The first-order valence-electron chi connectivity index (χ1n) is 8.71. The molecule has 1 saturated heterocycles. The van der Waals surface area contributed by atoms with Gasteiger partial charge in [0.1, 0.15) is 17.1 Å². The molecule has 4 rings (SSSR count). The number of fused-ring (bicyclic) bond motifs is 1. The van der Waals surface area contributed by atoms with E-state index in [-0.39, 0.29) is 5.91 Å². The van der Waals surface area contributed by atoms with Crippen molar-refractivity contribution in [2.75, 3.05) is 39.4 Å². The molecular formula is C17H23N5O3. The minimum atomic E-state index is -0.0397. The van der Waals surface area contributed by atoms with E-state index in [0.29, 0.717) is 30.3 Å². The van der Waals surface area contributed by atoms with E-state index in [0.717, 1.165) is 45.2 Å². The number of hydrogen-bond acceptors (Lipinski definition) is 6. The van der Waals surface area contributed by atoms with Crippen molar-refractivity contribution in [3.8, 4) is 0 Å². The lowest BCUT2D eigenvalue weighted by atomic mass is 10.1. The predicted molar refractivity (Wildman–Crippen MR) is 89.0 cm³/mol. The number of ether oxygens (including phenoxy) is 1. The van der Waals surface area contributed by atoms with Crippen molar-refractivity contribution >= 4 is 5.91 Å². The topological polar surface area (TPSA) is 76.6 Å². The molecule has 0 saturated carbocycles. The molecule has 0 spiro atoms. The Kier molecular flexibility index (Phi) is 4.54. The highest BCUT2D eigenvalue weighted by Gasteiger charge is 2.29. The number of hydrogen-bond donors (Lipinski definition) is 0. The van der Waals surface area contributed by atoms with Gasteiger partial charge in [-0.1, -0.05) is 5.16 Å². The summed E-state index contributed by atoms with van der Waals surface area (Å²) < 4.78 is 12.7. The fraction of sp³-hybridized carbons (Fsp3) is 0.588. The van der Waals surface area contributed by atoms with Crippen molar-refractivity contribution in [3.63, 3.8) is 0 Å². The van der Waals surface area contributed by atoms with Crippen molar-refractivity contribution in [3.05, 3.63) is 35.7 Å². The van der Waals surface area contributed by atoms with E-state index in [9.17, 15) is 4.79 Å². The Balaban J connectivity index is 1.54. The van der Waals surface area contributed by atoms with Gasteiger partial charge in [0.25, 0.3) is 5.91 Å². The van der Waals surface area contributed by atoms with Crippen molar-refractivity contribution < 1.29 is 14.1 Å². The molecule has 1 amide bonds. The van der Waals surface area contributed by atoms with Gasteiger partial charge in [0.05, 0.1) is 26.0 Å². The number of amides is 1. The average molecular weight is 345 g/mol. The van der Waals surface area contributed by atoms with Gasteiger partial charge in [-0.15, -0.1) is 0 Å². The molecule has 2 aliphatic rings. The Labute approximate surface area is 146 Å². The molecule has 0 bridgehead atoms. The van der Waals surface area contributed by atoms with Crippen LogP contribution in [0.4, 0.5) is 0 Å². The fourth-order valence-electron chi connectivity index (χ4n) is 3.63. The lowest BCUT2D eigenvalue weighted by molar-refractivity contribution is 0.0263. The summed E-state index contributed by atoms with van der Waals surface area (Å²) in [6.07, 6.45) is 5.31. The third-order valence-corrected chi connectivity index (χ3v) is 4.96. The molecule has 2 aliphatic heterocycles. The maximum atomic E-state index is 13.0. The molecule has 1 fully saturated rings. The molecule has 1 unspecified atom stereocenters. The van der Waals surface area contributed by atoms with E-state index in [1.54, 1.807) is 13.1 Å². The maximum Gasteiger partial charge on any atom is 0.259 e. The summed E-state index contributed by atoms with van der Waals surface area (Å²) in [6, 6.07) is 0. The molecule has 0 radical (unpaired) electrons. The van der Waals surface area contributed by atoms with Crippen LogP contribution in [-0.4, -0.2) is 69.8 Å². The molecule has 1 atom stereocenters. The summed E-state index contributed by atoms with van der Waals surface area (Å²) >= 11 is 0. The Hall–Kier alpha value is -2.19. The van der Waals surface area contributed by atoms with Crippen molar-refractivity contribution in [2.24, 2.45) is 5.92 Å². The second kappa shape index (κ2) is 6.97. The van der Waals surface area contributed by atoms with Crippen molar-refractivity contribution in [2.45, 2.75) is 20.0 Å². The number of morpholine rings is 1. The molecule has 0 aromatic carbocycles. The molecule has 4 heterocycles. The number of aromatic nitrogens is 3. The fourth-order valence-corrected chi connectivity index (χ4v) is 3.63. The van der Waals surface area contributed by atoms with Crippen molar-refractivity contribution in [1.82, 2.24) is 24.5 Å². The van der Waals surface area contributed by atoms with Gasteiger partial charge in [-0.3, -0.25) is 9.69 Å². The van der Waals surface area contributed by atoms with Gasteiger partial charge >= 0.3 is 0 Å². The number of carbonyl (C=O) groups is 1. The van der Waals surface area contributed by atoms with Crippen LogP contribution >= 0.6 is 0 Å².